The monoisotopic (exact) mass is 480 g/mol. The number of rotatable bonds is 7. The number of amides is 1. The van der Waals surface area contributed by atoms with Gasteiger partial charge in [-0.15, -0.1) is 10.2 Å². The number of sulfonamides is 1. The predicted molar refractivity (Wildman–Crippen MR) is 128 cm³/mol. The zero-order valence-electron chi connectivity index (χ0n) is 17.8. The Morgan fingerprint density at radius 3 is 2.21 bits per heavy atom. The standard InChI is InChI=1S/C23H20N4O4S2/c1-15-3-13-20(14-4-15)33(29,30)27-18-9-5-16(6-10-18)21(28)24-23-26-25-22(32-23)17-7-11-19(31-2)12-8-17/h3-14,27H,1-2H3,(H,24,26,28). The number of hydrogen-bond donors (Lipinski definition) is 2. The number of methoxy groups -OCH3 is 1. The molecule has 0 saturated heterocycles. The Morgan fingerprint density at radius 2 is 1.58 bits per heavy atom. The number of nitrogens with one attached hydrogen (secondary N) is 2. The lowest BCUT2D eigenvalue weighted by Gasteiger charge is -2.09. The summed E-state index contributed by atoms with van der Waals surface area (Å²) in [5.74, 6) is 0.363. The molecule has 3 aromatic carbocycles. The van der Waals surface area contributed by atoms with Gasteiger partial charge in [0.05, 0.1) is 12.0 Å². The zero-order valence-corrected chi connectivity index (χ0v) is 19.4. The number of nitrogens with zero attached hydrogens (tertiary/aromatic N) is 2. The van der Waals surface area contributed by atoms with Crippen LogP contribution in [0.3, 0.4) is 0 Å². The van der Waals surface area contributed by atoms with Crippen LogP contribution in [0.2, 0.25) is 0 Å². The third-order valence-electron chi connectivity index (χ3n) is 4.71. The first kappa shape index (κ1) is 22.4. The van der Waals surface area contributed by atoms with Crippen LogP contribution in [0.25, 0.3) is 10.6 Å². The molecule has 1 heterocycles. The second-order valence-electron chi connectivity index (χ2n) is 7.09. The second-order valence-corrected chi connectivity index (χ2v) is 9.75. The van der Waals surface area contributed by atoms with Crippen LogP contribution in [-0.4, -0.2) is 31.6 Å². The van der Waals surface area contributed by atoms with E-state index in [1.165, 1.54) is 35.6 Å². The van der Waals surface area contributed by atoms with Gasteiger partial charge in [0.2, 0.25) is 5.13 Å². The first-order valence-electron chi connectivity index (χ1n) is 9.83. The highest BCUT2D eigenvalue weighted by atomic mass is 32.2. The Bertz CT molecular complexity index is 1370. The lowest BCUT2D eigenvalue weighted by Crippen LogP contribution is -2.14. The number of aryl methyl sites for hydroxylation is 1. The van der Waals surface area contributed by atoms with Crippen molar-refractivity contribution in [1.29, 1.82) is 0 Å². The molecular formula is C23H20N4O4S2. The van der Waals surface area contributed by atoms with Crippen LogP contribution in [0.1, 0.15) is 15.9 Å². The molecule has 10 heteroatoms. The van der Waals surface area contributed by atoms with E-state index < -0.39 is 10.0 Å². The minimum Gasteiger partial charge on any atom is -0.497 e. The van der Waals surface area contributed by atoms with Crippen molar-refractivity contribution >= 4 is 38.1 Å². The minimum absolute atomic E-state index is 0.166. The van der Waals surface area contributed by atoms with Crippen molar-refractivity contribution in [3.63, 3.8) is 0 Å². The number of carbonyl (C=O) groups is 1. The lowest BCUT2D eigenvalue weighted by molar-refractivity contribution is 0.102. The van der Waals surface area contributed by atoms with Gasteiger partial charge in [-0.3, -0.25) is 14.8 Å². The number of anilines is 2. The molecule has 1 aromatic heterocycles. The number of ether oxygens (including phenoxy) is 1. The summed E-state index contributed by atoms with van der Waals surface area (Å²) in [4.78, 5) is 12.7. The molecular weight excluding hydrogens is 460 g/mol. The molecule has 0 aliphatic heterocycles. The van der Waals surface area contributed by atoms with E-state index in [4.69, 9.17) is 4.74 Å². The van der Waals surface area contributed by atoms with Crippen LogP contribution in [0.4, 0.5) is 10.8 Å². The van der Waals surface area contributed by atoms with Crippen LogP contribution in [0.15, 0.2) is 77.7 Å². The molecule has 33 heavy (non-hydrogen) atoms. The van der Waals surface area contributed by atoms with E-state index in [9.17, 15) is 13.2 Å². The first-order chi connectivity index (χ1) is 15.8. The van der Waals surface area contributed by atoms with Crippen LogP contribution >= 0.6 is 11.3 Å². The fourth-order valence-corrected chi connectivity index (χ4v) is 4.72. The maximum absolute atomic E-state index is 12.6. The van der Waals surface area contributed by atoms with Gasteiger partial charge in [-0.25, -0.2) is 8.42 Å². The van der Waals surface area contributed by atoms with Gasteiger partial charge in [0.1, 0.15) is 10.8 Å². The van der Waals surface area contributed by atoms with Crippen molar-refractivity contribution in [2.24, 2.45) is 0 Å². The van der Waals surface area contributed by atoms with Gasteiger partial charge in [-0.2, -0.15) is 0 Å². The second kappa shape index (κ2) is 9.39. The Morgan fingerprint density at radius 1 is 0.909 bits per heavy atom. The summed E-state index contributed by atoms with van der Waals surface area (Å²) in [5.41, 5.74) is 2.54. The fourth-order valence-electron chi connectivity index (χ4n) is 2.91. The van der Waals surface area contributed by atoms with E-state index in [-0.39, 0.29) is 10.8 Å². The van der Waals surface area contributed by atoms with Crippen LogP contribution in [-0.2, 0) is 10.0 Å². The van der Waals surface area contributed by atoms with Gasteiger partial charge in [0.25, 0.3) is 15.9 Å². The predicted octanol–water partition coefficient (Wildman–Crippen LogP) is 4.58. The zero-order chi connectivity index (χ0) is 23.4. The summed E-state index contributed by atoms with van der Waals surface area (Å²) in [7, 11) is -2.12. The third-order valence-corrected chi connectivity index (χ3v) is 7.00. The number of carbonyl (C=O) groups excluding carboxylic acids is 1. The highest BCUT2D eigenvalue weighted by Crippen LogP contribution is 2.28. The molecule has 0 spiro atoms. The molecule has 0 aliphatic rings. The summed E-state index contributed by atoms with van der Waals surface area (Å²) in [6.45, 7) is 1.88. The van der Waals surface area contributed by atoms with Gasteiger partial charge < -0.3 is 4.74 Å². The molecule has 4 rings (SSSR count). The van der Waals surface area contributed by atoms with Gasteiger partial charge in [-0.05, 0) is 67.6 Å². The number of aromatic nitrogens is 2. The molecule has 0 aliphatic carbocycles. The quantitative estimate of drug-likeness (QED) is 0.401. The van der Waals surface area contributed by atoms with Crippen molar-refractivity contribution in [3.05, 3.63) is 83.9 Å². The summed E-state index contributed by atoms with van der Waals surface area (Å²) in [6, 6.07) is 20.1. The van der Waals surface area contributed by atoms with E-state index in [2.05, 4.69) is 20.2 Å². The first-order valence-corrected chi connectivity index (χ1v) is 12.1. The van der Waals surface area contributed by atoms with Crippen molar-refractivity contribution in [1.82, 2.24) is 10.2 Å². The van der Waals surface area contributed by atoms with Crippen molar-refractivity contribution in [3.8, 4) is 16.3 Å². The van der Waals surface area contributed by atoms with E-state index in [1.807, 2.05) is 31.2 Å². The molecule has 1 amide bonds. The fraction of sp³-hybridized carbons (Fsp3) is 0.0870. The topological polar surface area (TPSA) is 110 Å². The average Bonchev–Trinajstić information content (AvgIpc) is 3.28. The van der Waals surface area contributed by atoms with E-state index in [0.29, 0.717) is 21.4 Å². The molecule has 168 valence electrons. The largest absolute Gasteiger partial charge is 0.497 e. The van der Waals surface area contributed by atoms with Crippen molar-refractivity contribution < 1.29 is 17.9 Å². The maximum Gasteiger partial charge on any atom is 0.261 e. The molecule has 0 radical (unpaired) electrons. The Kier molecular flexibility index (Phi) is 6.38. The minimum atomic E-state index is -3.71. The number of hydrogen-bond acceptors (Lipinski definition) is 7. The Hall–Kier alpha value is -3.76. The highest BCUT2D eigenvalue weighted by molar-refractivity contribution is 7.92. The van der Waals surface area contributed by atoms with Crippen LogP contribution in [0, 0.1) is 6.92 Å². The SMILES string of the molecule is COc1ccc(-c2nnc(NC(=O)c3ccc(NS(=O)(=O)c4ccc(C)cc4)cc3)s2)cc1. The molecule has 0 fully saturated rings. The summed E-state index contributed by atoms with van der Waals surface area (Å²) >= 11 is 1.25. The molecule has 0 bridgehead atoms. The van der Waals surface area contributed by atoms with Crippen LogP contribution in [0.5, 0.6) is 5.75 Å². The Balaban J connectivity index is 1.41. The average molecular weight is 481 g/mol. The summed E-state index contributed by atoms with van der Waals surface area (Å²) < 4.78 is 32.7. The van der Waals surface area contributed by atoms with Crippen LogP contribution < -0.4 is 14.8 Å². The molecule has 8 nitrogen and oxygen atoms in total. The van der Waals surface area contributed by atoms with Gasteiger partial charge in [0.15, 0.2) is 0 Å². The van der Waals surface area contributed by atoms with Crippen molar-refractivity contribution in [2.75, 3.05) is 17.1 Å². The van der Waals surface area contributed by atoms with Gasteiger partial charge >= 0.3 is 0 Å². The molecule has 0 unspecified atom stereocenters. The van der Waals surface area contributed by atoms with E-state index >= 15 is 0 Å². The normalized spacial score (nSPS) is 11.1. The summed E-state index contributed by atoms with van der Waals surface area (Å²) in [5, 5.41) is 11.9. The molecule has 0 saturated carbocycles. The Labute approximate surface area is 195 Å². The highest BCUT2D eigenvalue weighted by Gasteiger charge is 2.15. The van der Waals surface area contributed by atoms with Gasteiger partial charge in [0, 0.05) is 16.8 Å². The lowest BCUT2D eigenvalue weighted by atomic mass is 10.2. The number of benzene rings is 3. The maximum atomic E-state index is 12.6. The molecule has 4 aromatic rings. The molecule has 0 atom stereocenters. The molecule has 2 N–H and O–H groups in total. The third kappa shape index (κ3) is 5.36. The van der Waals surface area contributed by atoms with E-state index in [0.717, 1.165) is 16.9 Å². The van der Waals surface area contributed by atoms with Gasteiger partial charge in [-0.1, -0.05) is 29.0 Å². The smallest absolute Gasteiger partial charge is 0.261 e. The van der Waals surface area contributed by atoms with E-state index in [1.54, 1.807) is 31.4 Å². The summed E-state index contributed by atoms with van der Waals surface area (Å²) in [6.07, 6.45) is 0. The van der Waals surface area contributed by atoms with Crippen molar-refractivity contribution in [2.45, 2.75) is 11.8 Å².